The Balaban J connectivity index is 0.00000361. The van der Waals surface area contributed by atoms with Gasteiger partial charge in [0, 0.05) is 24.9 Å². The molecule has 2 atom stereocenters. The van der Waals surface area contributed by atoms with Crippen LogP contribution in [0.15, 0.2) is 0 Å². The molecule has 0 saturated heterocycles. The Morgan fingerprint density at radius 2 is 1.85 bits per heavy atom. The maximum absolute atomic E-state index is 12.1. The molecular formula is C14H28ClN3O2. The van der Waals surface area contributed by atoms with Crippen molar-refractivity contribution >= 4 is 24.2 Å². The number of amides is 2. The summed E-state index contributed by atoms with van der Waals surface area (Å²) in [6, 6.07) is -0.0930. The van der Waals surface area contributed by atoms with E-state index in [1.54, 1.807) is 0 Å². The number of primary amides is 1. The fraction of sp³-hybridized carbons (Fsp3) is 0.857. The number of nitrogens with one attached hydrogen (secondary N) is 2. The lowest BCUT2D eigenvalue weighted by Gasteiger charge is -2.31. The van der Waals surface area contributed by atoms with E-state index in [1.165, 1.54) is 19.3 Å². The molecule has 118 valence electrons. The van der Waals surface area contributed by atoms with Crippen molar-refractivity contribution in [3.8, 4) is 0 Å². The van der Waals surface area contributed by atoms with Crippen molar-refractivity contribution in [1.82, 2.24) is 10.6 Å². The van der Waals surface area contributed by atoms with Crippen molar-refractivity contribution < 1.29 is 9.59 Å². The van der Waals surface area contributed by atoms with E-state index in [9.17, 15) is 9.59 Å². The van der Waals surface area contributed by atoms with Gasteiger partial charge in [-0.25, -0.2) is 0 Å². The minimum absolute atomic E-state index is 0. The van der Waals surface area contributed by atoms with Gasteiger partial charge in [-0.05, 0) is 25.8 Å². The van der Waals surface area contributed by atoms with Gasteiger partial charge in [0.15, 0.2) is 0 Å². The van der Waals surface area contributed by atoms with Crippen molar-refractivity contribution in [1.29, 1.82) is 0 Å². The molecule has 1 saturated carbocycles. The van der Waals surface area contributed by atoms with Gasteiger partial charge in [0.25, 0.3) is 0 Å². The summed E-state index contributed by atoms with van der Waals surface area (Å²) in [5.74, 6) is -0.0285. The Morgan fingerprint density at radius 1 is 1.25 bits per heavy atom. The Hall–Kier alpha value is -0.810. The average molecular weight is 306 g/mol. The van der Waals surface area contributed by atoms with Gasteiger partial charge in [0.1, 0.15) is 0 Å². The third-order valence-electron chi connectivity index (χ3n) is 3.93. The fourth-order valence-electron chi connectivity index (χ4n) is 2.81. The van der Waals surface area contributed by atoms with Crippen molar-refractivity contribution in [3.63, 3.8) is 0 Å². The fourth-order valence-corrected chi connectivity index (χ4v) is 2.81. The summed E-state index contributed by atoms with van der Waals surface area (Å²) < 4.78 is 0. The van der Waals surface area contributed by atoms with E-state index in [1.807, 2.05) is 14.0 Å². The molecule has 0 radical (unpaired) electrons. The lowest BCUT2D eigenvalue weighted by molar-refractivity contribution is -0.126. The van der Waals surface area contributed by atoms with E-state index in [-0.39, 0.29) is 42.6 Å². The van der Waals surface area contributed by atoms with Crippen LogP contribution >= 0.6 is 12.4 Å². The molecular weight excluding hydrogens is 278 g/mol. The molecule has 0 aromatic rings. The summed E-state index contributed by atoms with van der Waals surface area (Å²) in [5.41, 5.74) is 5.31. The van der Waals surface area contributed by atoms with E-state index in [4.69, 9.17) is 5.73 Å². The summed E-state index contributed by atoms with van der Waals surface area (Å²) in [4.78, 5) is 23.3. The number of hydrogen-bond donors (Lipinski definition) is 3. The molecule has 0 spiro atoms. The molecule has 4 N–H and O–H groups in total. The molecule has 20 heavy (non-hydrogen) atoms. The highest BCUT2D eigenvalue weighted by atomic mass is 35.5. The van der Waals surface area contributed by atoms with Crippen LogP contribution in [0, 0.1) is 11.8 Å². The van der Waals surface area contributed by atoms with Crippen LogP contribution in [0.3, 0.4) is 0 Å². The largest absolute Gasteiger partial charge is 0.370 e. The van der Waals surface area contributed by atoms with Gasteiger partial charge in [-0.2, -0.15) is 0 Å². The lowest BCUT2D eigenvalue weighted by Crippen LogP contribution is -2.46. The number of hydrogen-bond acceptors (Lipinski definition) is 3. The second-order valence-electron chi connectivity index (χ2n) is 5.64. The normalized spacial score (nSPS) is 18.7. The SMILES string of the molecule is CNCC(C)C(=O)NC(CC(N)=O)C1CCCCC1.Cl. The van der Waals surface area contributed by atoms with E-state index >= 15 is 0 Å². The maximum Gasteiger partial charge on any atom is 0.224 e. The summed E-state index contributed by atoms with van der Waals surface area (Å²) >= 11 is 0. The van der Waals surface area contributed by atoms with Gasteiger partial charge in [0.2, 0.25) is 11.8 Å². The number of rotatable bonds is 7. The van der Waals surface area contributed by atoms with Crippen molar-refractivity contribution in [2.75, 3.05) is 13.6 Å². The predicted octanol–water partition coefficient (Wildman–Crippen LogP) is 1.20. The summed E-state index contributed by atoms with van der Waals surface area (Å²) in [5, 5.41) is 6.01. The van der Waals surface area contributed by atoms with Crippen LogP contribution < -0.4 is 16.4 Å². The van der Waals surface area contributed by atoms with E-state index < -0.39 is 0 Å². The first-order valence-electron chi connectivity index (χ1n) is 7.28. The van der Waals surface area contributed by atoms with Gasteiger partial charge in [-0.15, -0.1) is 12.4 Å². The van der Waals surface area contributed by atoms with Crippen molar-refractivity contribution in [2.45, 2.75) is 51.5 Å². The first-order chi connectivity index (χ1) is 9.04. The highest BCUT2D eigenvalue weighted by Gasteiger charge is 2.27. The molecule has 2 unspecified atom stereocenters. The molecule has 0 heterocycles. The Labute approximate surface area is 127 Å². The molecule has 1 aliphatic carbocycles. The average Bonchev–Trinajstić information content (AvgIpc) is 2.38. The second kappa shape index (κ2) is 10.00. The zero-order valence-corrected chi connectivity index (χ0v) is 13.3. The minimum Gasteiger partial charge on any atom is -0.370 e. The Bertz CT molecular complexity index is 307. The number of carbonyl (C=O) groups is 2. The van der Waals surface area contributed by atoms with Gasteiger partial charge < -0.3 is 16.4 Å². The molecule has 0 aromatic carbocycles. The van der Waals surface area contributed by atoms with Gasteiger partial charge >= 0.3 is 0 Å². The smallest absolute Gasteiger partial charge is 0.224 e. The highest BCUT2D eigenvalue weighted by molar-refractivity contribution is 5.85. The molecule has 0 aromatic heterocycles. The van der Waals surface area contributed by atoms with Gasteiger partial charge in [0.05, 0.1) is 0 Å². The van der Waals surface area contributed by atoms with E-state index in [2.05, 4.69) is 10.6 Å². The highest BCUT2D eigenvalue weighted by Crippen LogP contribution is 2.27. The Morgan fingerprint density at radius 3 is 2.35 bits per heavy atom. The third kappa shape index (κ3) is 6.57. The molecule has 5 nitrogen and oxygen atoms in total. The molecule has 0 bridgehead atoms. The van der Waals surface area contributed by atoms with Crippen LogP contribution in [0.5, 0.6) is 0 Å². The standard InChI is InChI=1S/C14H27N3O2.ClH/c1-10(9-16-2)14(19)17-12(8-13(15)18)11-6-4-3-5-7-11;/h10-12,16H,3-9H2,1-2H3,(H2,15,18)(H,17,19);1H. The first kappa shape index (κ1) is 19.2. The molecule has 6 heteroatoms. The number of halogens is 1. The number of nitrogens with two attached hydrogens (primary N) is 1. The van der Waals surface area contributed by atoms with Crippen molar-refractivity contribution in [3.05, 3.63) is 0 Å². The summed E-state index contributed by atoms with van der Waals surface area (Å²) in [7, 11) is 1.83. The molecule has 0 aliphatic heterocycles. The van der Waals surface area contributed by atoms with E-state index in [0.29, 0.717) is 12.5 Å². The topological polar surface area (TPSA) is 84.2 Å². The quantitative estimate of drug-likeness (QED) is 0.661. The predicted molar refractivity (Wildman–Crippen MR) is 82.7 cm³/mol. The van der Waals surface area contributed by atoms with Crippen molar-refractivity contribution in [2.24, 2.45) is 17.6 Å². The molecule has 1 aliphatic rings. The monoisotopic (exact) mass is 305 g/mol. The third-order valence-corrected chi connectivity index (χ3v) is 3.93. The molecule has 1 fully saturated rings. The zero-order chi connectivity index (χ0) is 14.3. The van der Waals surface area contributed by atoms with Crippen LogP contribution in [-0.4, -0.2) is 31.4 Å². The summed E-state index contributed by atoms with van der Waals surface area (Å²) in [6.07, 6.45) is 6.04. The number of carbonyl (C=O) groups excluding carboxylic acids is 2. The molecule has 2 amide bonds. The van der Waals surface area contributed by atoms with Gasteiger partial charge in [-0.3, -0.25) is 9.59 Å². The molecule has 1 rings (SSSR count). The van der Waals surface area contributed by atoms with Crippen LogP contribution in [0.1, 0.15) is 45.4 Å². The van der Waals surface area contributed by atoms with Crippen LogP contribution in [0.2, 0.25) is 0 Å². The summed E-state index contributed by atoms with van der Waals surface area (Å²) in [6.45, 7) is 2.52. The Kier molecular flexibility index (Phi) is 9.59. The van der Waals surface area contributed by atoms with Crippen LogP contribution in [0.25, 0.3) is 0 Å². The first-order valence-corrected chi connectivity index (χ1v) is 7.28. The second-order valence-corrected chi connectivity index (χ2v) is 5.64. The van der Waals surface area contributed by atoms with Gasteiger partial charge in [-0.1, -0.05) is 26.2 Å². The van der Waals surface area contributed by atoms with Crippen LogP contribution in [-0.2, 0) is 9.59 Å². The minimum atomic E-state index is -0.336. The zero-order valence-electron chi connectivity index (χ0n) is 12.5. The van der Waals surface area contributed by atoms with Crippen LogP contribution in [0.4, 0.5) is 0 Å². The van der Waals surface area contributed by atoms with E-state index in [0.717, 1.165) is 12.8 Å². The lowest BCUT2D eigenvalue weighted by atomic mass is 9.82. The maximum atomic E-state index is 12.1.